The van der Waals surface area contributed by atoms with Crippen LogP contribution in [0.2, 0.25) is 0 Å². The second-order valence-corrected chi connectivity index (χ2v) is 5.30. The molecule has 2 heteroatoms. The van der Waals surface area contributed by atoms with Crippen LogP contribution in [0.1, 0.15) is 60.5 Å². The molecule has 0 unspecified atom stereocenters. The molecule has 1 fully saturated rings. The molecule has 1 aliphatic carbocycles. The second-order valence-electron chi connectivity index (χ2n) is 5.30. The molecule has 2 rings (SSSR count). The lowest BCUT2D eigenvalue weighted by molar-refractivity contribution is 0.0927. The van der Waals surface area contributed by atoms with Gasteiger partial charge in [-0.25, -0.2) is 0 Å². The first-order valence-corrected chi connectivity index (χ1v) is 7.11. The van der Waals surface area contributed by atoms with Gasteiger partial charge >= 0.3 is 0 Å². The number of hydrogen-bond donors (Lipinski definition) is 1. The minimum absolute atomic E-state index is 0.0904. The Kier molecular flexibility index (Phi) is 4.40. The summed E-state index contributed by atoms with van der Waals surface area (Å²) in [5.41, 5.74) is 3.34. The summed E-state index contributed by atoms with van der Waals surface area (Å²) in [5.74, 6) is 0.0904. The van der Waals surface area contributed by atoms with E-state index in [1.807, 2.05) is 12.1 Å². The van der Waals surface area contributed by atoms with Crippen molar-refractivity contribution in [2.24, 2.45) is 0 Å². The maximum absolute atomic E-state index is 12.2. The van der Waals surface area contributed by atoms with Gasteiger partial charge in [-0.1, -0.05) is 32.3 Å². The van der Waals surface area contributed by atoms with E-state index in [4.69, 9.17) is 0 Å². The fourth-order valence-corrected chi connectivity index (χ4v) is 2.75. The second kappa shape index (κ2) is 6.03. The molecule has 1 saturated carbocycles. The van der Waals surface area contributed by atoms with Crippen molar-refractivity contribution < 1.29 is 4.79 Å². The van der Waals surface area contributed by atoms with Gasteiger partial charge in [-0.3, -0.25) is 4.79 Å². The van der Waals surface area contributed by atoms with Crippen molar-refractivity contribution in [3.63, 3.8) is 0 Å². The summed E-state index contributed by atoms with van der Waals surface area (Å²) >= 11 is 0. The smallest absolute Gasteiger partial charge is 0.251 e. The van der Waals surface area contributed by atoms with Crippen LogP contribution in [0.4, 0.5) is 0 Å². The molecule has 0 aliphatic heterocycles. The third kappa shape index (κ3) is 3.12. The Morgan fingerprint density at radius 1 is 1.28 bits per heavy atom. The van der Waals surface area contributed by atoms with Crippen LogP contribution in [0.3, 0.4) is 0 Å². The molecule has 1 aromatic carbocycles. The Balaban J connectivity index is 2.01. The van der Waals surface area contributed by atoms with Gasteiger partial charge in [0.15, 0.2) is 0 Å². The lowest BCUT2D eigenvalue weighted by Gasteiger charge is -2.22. The normalized spacial score (nSPS) is 16.6. The molecule has 0 atom stereocenters. The lowest BCUT2D eigenvalue weighted by atomic mass is 9.95. The van der Waals surface area contributed by atoms with E-state index in [9.17, 15) is 4.79 Å². The van der Waals surface area contributed by atoms with Gasteiger partial charge in [0, 0.05) is 11.6 Å². The molecule has 0 bridgehead atoms. The van der Waals surface area contributed by atoms with Crippen LogP contribution in [-0.4, -0.2) is 11.9 Å². The Bertz CT molecular complexity index is 419. The first-order chi connectivity index (χ1) is 8.70. The third-order valence-electron chi connectivity index (χ3n) is 3.93. The third-order valence-corrected chi connectivity index (χ3v) is 3.93. The van der Waals surface area contributed by atoms with Crippen LogP contribution < -0.4 is 5.32 Å². The van der Waals surface area contributed by atoms with E-state index in [2.05, 4.69) is 25.2 Å². The minimum Gasteiger partial charge on any atom is -0.349 e. The molecule has 1 aliphatic rings. The van der Waals surface area contributed by atoms with Crippen molar-refractivity contribution in [3.05, 3.63) is 34.9 Å². The van der Waals surface area contributed by atoms with Gasteiger partial charge in [0.25, 0.3) is 5.91 Å². The standard InChI is InChI=1S/C16H23NO/c1-3-13-9-10-14(11-12(13)2)16(18)17-15-7-5-4-6-8-15/h9-11,15H,3-8H2,1-2H3,(H,17,18). The molecule has 1 amide bonds. The number of carbonyl (C=O) groups excluding carboxylic acids is 1. The Morgan fingerprint density at radius 2 is 2.00 bits per heavy atom. The van der Waals surface area contributed by atoms with Crippen LogP contribution >= 0.6 is 0 Å². The zero-order valence-electron chi connectivity index (χ0n) is 11.5. The molecular formula is C16H23NO. The average molecular weight is 245 g/mol. The SMILES string of the molecule is CCc1ccc(C(=O)NC2CCCCC2)cc1C. The number of nitrogens with one attached hydrogen (secondary N) is 1. The van der Waals surface area contributed by atoms with Crippen molar-refractivity contribution in [2.45, 2.75) is 58.4 Å². The van der Waals surface area contributed by atoms with Gasteiger partial charge in [0.2, 0.25) is 0 Å². The van der Waals surface area contributed by atoms with Crippen LogP contribution in [0.15, 0.2) is 18.2 Å². The molecule has 18 heavy (non-hydrogen) atoms. The molecule has 98 valence electrons. The number of amides is 1. The van der Waals surface area contributed by atoms with E-state index in [1.165, 1.54) is 30.4 Å². The summed E-state index contributed by atoms with van der Waals surface area (Å²) in [7, 11) is 0. The average Bonchev–Trinajstić information content (AvgIpc) is 2.39. The van der Waals surface area contributed by atoms with Gasteiger partial charge in [0.1, 0.15) is 0 Å². The van der Waals surface area contributed by atoms with Crippen molar-refractivity contribution in [1.29, 1.82) is 0 Å². The fraction of sp³-hybridized carbons (Fsp3) is 0.562. The number of aryl methyl sites for hydroxylation is 2. The predicted molar refractivity (Wildman–Crippen MR) is 74.9 cm³/mol. The van der Waals surface area contributed by atoms with Gasteiger partial charge in [-0.2, -0.15) is 0 Å². The summed E-state index contributed by atoms with van der Waals surface area (Å²) in [5, 5.41) is 3.16. The van der Waals surface area contributed by atoms with E-state index < -0.39 is 0 Å². The molecule has 0 radical (unpaired) electrons. The lowest BCUT2D eigenvalue weighted by Crippen LogP contribution is -2.36. The summed E-state index contributed by atoms with van der Waals surface area (Å²) in [4.78, 5) is 12.2. The summed E-state index contributed by atoms with van der Waals surface area (Å²) in [6.45, 7) is 4.22. The Hall–Kier alpha value is -1.31. The molecule has 0 heterocycles. The van der Waals surface area contributed by atoms with Gasteiger partial charge < -0.3 is 5.32 Å². The van der Waals surface area contributed by atoms with Crippen molar-refractivity contribution in [2.75, 3.05) is 0 Å². The number of carbonyl (C=O) groups is 1. The fourth-order valence-electron chi connectivity index (χ4n) is 2.75. The van der Waals surface area contributed by atoms with Crippen LogP contribution in [0, 0.1) is 6.92 Å². The quantitative estimate of drug-likeness (QED) is 0.865. The van der Waals surface area contributed by atoms with Crippen LogP contribution in [0.25, 0.3) is 0 Å². The highest BCUT2D eigenvalue weighted by atomic mass is 16.1. The molecule has 1 aromatic rings. The number of benzene rings is 1. The molecule has 2 nitrogen and oxygen atoms in total. The Labute approximate surface area is 110 Å². The zero-order chi connectivity index (χ0) is 13.0. The van der Waals surface area contributed by atoms with Gasteiger partial charge in [-0.15, -0.1) is 0 Å². The zero-order valence-corrected chi connectivity index (χ0v) is 11.5. The van der Waals surface area contributed by atoms with E-state index in [0.717, 1.165) is 24.8 Å². The maximum Gasteiger partial charge on any atom is 0.251 e. The highest BCUT2D eigenvalue weighted by molar-refractivity contribution is 5.94. The molecular weight excluding hydrogens is 222 g/mol. The summed E-state index contributed by atoms with van der Waals surface area (Å²) in [6, 6.07) is 6.42. The van der Waals surface area contributed by atoms with Crippen molar-refractivity contribution in [3.8, 4) is 0 Å². The molecule has 0 spiro atoms. The molecule has 0 saturated heterocycles. The first kappa shape index (κ1) is 13.1. The first-order valence-electron chi connectivity index (χ1n) is 7.11. The van der Waals surface area contributed by atoms with Gasteiger partial charge in [-0.05, 0) is 49.4 Å². The number of hydrogen-bond acceptors (Lipinski definition) is 1. The summed E-state index contributed by atoms with van der Waals surface area (Å²) < 4.78 is 0. The Morgan fingerprint density at radius 3 is 2.61 bits per heavy atom. The van der Waals surface area contributed by atoms with E-state index in [-0.39, 0.29) is 5.91 Å². The number of rotatable bonds is 3. The van der Waals surface area contributed by atoms with E-state index >= 15 is 0 Å². The van der Waals surface area contributed by atoms with Crippen LogP contribution in [0.5, 0.6) is 0 Å². The monoisotopic (exact) mass is 245 g/mol. The largest absolute Gasteiger partial charge is 0.349 e. The summed E-state index contributed by atoms with van der Waals surface area (Å²) in [6.07, 6.45) is 7.11. The van der Waals surface area contributed by atoms with Gasteiger partial charge in [0.05, 0.1) is 0 Å². The van der Waals surface area contributed by atoms with Crippen molar-refractivity contribution in [1.82, 2.24) is 5.32 Å². The molecule has 1 N–H and O–H groups in total. The minimum atomic E-state index is 0.0904. The predicted octanol–water partition coefficient (Wildman–Crippen LogP) is 3.62. The topological polar surface area (TPSA) is 29.1 Å². The maximum atomic E-state index is 12.2. The molecule has 0 aromatic heterocycles. The highest BCUT2D eigenvalue weighted by Crippen LogP contribution is 2.18. The van der Waals surface area contributed by atoms with E-state index in [1.54, 1.807) is 0 Å². The van der Waals surface area contributed by atoms with E-state index in [0.29, 0.717) is 6.04 Å². The van der Waals surface area contributed by atoms with Crippen molar-refractivity contribution >= 4 is 5.91 Å². The highest BCUT2D eigenvalue weighted by Gasteiger charge is 2.16. The van der Waals surface area contributed by atoms with Crippen LogP contribution in [-0.2, 0) is 6.42 Å².